The van der Waals surface area contributed by atoms with Gasteiger partial charge in [-0.15, -0.1) is 0 Å². The Labute approximate surface area is 163 Å². The molecule has 0 saturated carbocycles. The van der Waals surface area contributed by atoms with Crippen molar-refractivity contribution in [1.82, 2.24) is 10.6 Å². The minimum atomic E-state index is -1.13. The van der Waals surface area contributed by atoms with E-state index in [2.05, 4.69) is 24.5 Å². The highest BCUT2D eigenvalue weighted by Crippen LogP contribution is 2.19. The summed E-state index contributed by atoms with van der Waals surface area (Å²) in [6, 6.07) is 9.53. The van der Waals surface area contributed by atoms with Crippen LogP contribution in [0.5, 0.6) is 5.75 Å². The molecule has 0 saturated heterocycles. The highest BCUT2D eigenvalue weighted by molar-refractivity contribution is 5.88. The summed E-state index contributed by atoms with van der Waals surface area (Å²) in [4.78, 5) is 24.2. The number of carbonyl (C=O) groups excluding carboxylic acids is 2. The summed E-state index contributed by atoms with van der Waals surface area (Å²) >= 11 is 0. The lowest BCUT2D eigenvalue weighted by atomic mass is 10.0. The standard InChI is InChI=1S/C21H24F2N2O3/c1-13(2)14-4-7-16(8-5-14)28-11-10-19(26)25-20(21(27)24-3)15-6-9-17(22)18(23)12-15/h4-9,12-13,20H,10-11H2,1-3H3,(H,24,27)(H,25,26). The van der Waals surface area contributed by atoms with Crippen molar-refractivity contribution in [2.24, 2.45) is 0 Å². The molecule has 7 heteroatoms. The molecule has 1 unspecified atom stereocenters. The van der Waals surface area contributed by atoms with Gasteiger partial charge in [-0.3, -0.25) is 9.59 Å². The minimum Gasteiger partial charge on any atom is -0.493 e. The van der Waals surface area contributed by atoms with E-state index in [1.807, 2.05) is 24.3 Å². The molecule has 5 nitrogen and oxygen atoms in total. The second-order valence-electron chi connectivity index (χ2n) is 6.61. The average Bonchev–Trinajstić information content (AvgIpc) is 2.68. The van der Waals surface area contributed by atoms with E-state index in [9.17, 15) is 18.4 Å². The van der Waals surface area contributed by atoms with Gasteiger partial charge in [0.1, 0.15) is 11.8 Å². The molecule has 2 aromatic rings. The van der Waals surface area contributed by atoms with Crippen LogP contribution in [0, 0.1) is 11.6 Å². The van der Waals surface area contributed by atoms with E-state index in [0.29, 0.717) is 11.7 Å². The van der Waals surface area contributed by atoms with Gasteiger partial charge in [0.2, 0.25) is 11.8 Å². The first-order valence-corrected chi connectivity index (χ1v) is 9.00. The summed E-state index contributed by atoms with van der Waals surface area (Å²) in [5, 5.41) is 4.92. The van der Waals surface area contributed by atoms with E-state index in [1.165, 1.54) is 18.7 Å². The van der Waals surface area contributed by atoms with Crippen molar-refractivity contribution in [1.29, 1.82) is 0 Å². The maximum Gasteiger partial charge on any atom is 0.246 e. The van der Waals surface area contributed by atoms with E-state index in [0.717, 1.165) is 12.1 Å². The fourth-order valence-corrected chi connectivity index (χ4v) is 2.58. The Morgan fingerprint density at radius 1 is 1.00 bits per heavy atom. The van der Waals surface area contributed by atoms with Gasteiger partial charge in [0.25, 0.3) is 0 Å². The molecular weight excluding hydrogens is 366 g/mol. The zero-order valence-electron chi connectivity index (χ0n) is 16.1. The van der Waals surface area contributed by atoms with E-state index in [-0.39, 0.29) is 18.6 Å². The van der Waals surface area contributed by atoms with E-state index in [4.69, 9.17) is 4.74 Å². The lowest BCUT2D eigenvalue weighted by molar-refractivity contribution is -0.129. The number of nitrogens with one attached hydrogen (secondary N) is 2. The number of hydrogen-bond acceptors (Lipinski definition) is 3. The molecule has 28 heavy (non-hydrogen) atoms. The number of likely N-dealkylation sites (N-methyl/N-ethyl adjacent to an activating group) is 1. The first kappa shape index (κ1) is 21.3. The zero-order chi connectivity index (χ0) is 20.7. The molecule has 0 fully saturated rings. The van der Waals surface area contributed by atoms with Crippen LogP contribution in [-0.4, -0.2) is 25.5 Å². The van der Waals surface area contributed by atoms with Gasteiger partial charge in [0.05, 0.1) is 13.0 Å². The summed E-state index contributed by atoms with van der Waals surface area (Å²) < 4.78 is 32.1. The molecular formula is C21H24F2N2O3. The number of ether oxygens (including phenoxy) is 1. The predicted octanol–water partition coefficient (Wildman–Crippen LogP) is 3.46. The van der Waals surface area contributed by atoms with Gasteiger partial charge in [-0.25, -0.2) is 8.78 Å². The fourth-order valence-electron chi connectivity index (χ4n) is 2.58. The highest BCUT2D eigenvalue weighted by atomic mass is 19.2. The van der Waals surface area contributed by atoms with E-state index in [1.54, 1.807) is 0 Å². The van der Waals surface area contributed by atoms with Crippen molar-refractivity contribution < 1.29 is 23.1 Å². The maximum atomic E-state index is 13.5. The van der Waals surface area contributed by atoms with Gasteiger partial charge in [0.15, 0.2) is 11.6 Å². The molecule has 0 aliphatic heterocycles. The quantitative estimate of drug-likeness (QED) is 0.725. The molecule has 2 aromatic carbocycles. The second kappa shape index (κ2) is 9.82. The monoisotopic (exact) mass is 390 g/mol. The first-order chi connectivity index (χ1) is 13.3. The molecule has 2 N–H and O–H groups in total. The molecule has 2 amide bonds. The Bertz CT molecular complexity index is 823. The van der Waals surface area contributed by atoms with Gasteiger partial charge < -0.3 is 15.4 Å². The molecule has 0 bridgehead atoms. The van der Waals surface area contributed by atoms with E-state index >= 15 is 0 Å². The highest BCUT2D eigenvalue weighted by Gasteiger charge is 2.23. The van der Waals surface area contributed by atoms with Gasteiger partial charge >= 0.3 is 0 Å². The third-order valence-electron chi connectivity index (χ3n) is 4.24. The first-order valence-electron chi connectivity index (χ1n) is 9.00. The second-order valence-corrected chi connectivity index (χ2v) is 6.61. The largest absolute Gasteiger partial charge is 0.493 e. The van der Waals surface area contributed by atoms with Crippen LogP contribution >= 0.6 is 0 Å². The Morgan fingerprint density at radius 2 is 1.64 bits per heavy atom. The Kier molecular flexibility index (Phi) is 7.49. The zero-order valence-corrected chi connectivity index (χ0v) is 16.1. The third kappa shape index (κ3) is 5.77. The van der Waals surface area contributed by atoms with Crippen LogP contribution in [0.2, 0.25) is 0 Å². The Morgan fingerprint density at radius 3 is 2.21 bits per heavy atom. The van der Waals surface area contributed by atoms with Crippen molar-refractivity contribution in [2.45, 2.75) is 32.2 Å². The summed E-state index contributed by atoms with van der Waals surface area (Å²) in [5.74, 6) is -2.04. The van der Waals surface area contributed by atoms with Gasteiger partial charge in [-0.2, -0.15) is 0 Å². The number of carbonyl (C=O) groups is 2. The molecule has 1 atom stereocenters. The predicted molar refractivity (Wildman–Crippen MR) is 102 cm³/mol. The van der Waals surface area contributed by atoms with E-state index < -0.39 is 29.5 Å². The van der Waals surface area contributed by atoms with Crippen LogP contribution in [0.1, 0.15) is 43.4 Å². The van der Waals surface area contributed by atoms with Gasteiger partial charge in [-0.1, -0.05) is 32.0 Å². The summed E-state index contributed by atoms with van der Waals surface area (Å²) in [6.45, 7) is 4.30. The molecule has 0 heterocycles. The number of rotatable bonds is 8. The number of benzene rings is 2. The number of amides is 2. The molecule has 0 aliphatic rings. The smallest absolute Gasteiger partial charge is 0.246 e. The molecule has 0 aromatic heterocycles. The number of hydrogen-bond donors (Lipinski definition) is 2. The van der Waals surface area contributed by atoms with Crippen LogP contribution in [0.3, 0.4) is 0 Å². The Balaban J connectivity index is 1.94. The van der Waals surface area contributed by atoms with Crippen molar-refractivity contribution in [3.63, 3.8) is 0 Å². The molecule has 0 radical (unpaired) electrons. The SMILES string of the molecule is CNC(=O)C(NC(=O)CCOc1ccc(C(C)C)cc1)c1ccc(F)c(F)c1. The lowest BCUT2D eigenvalue weighted by Gasteiger charge is -2.18. The summed E-state index contributed by atoms with van der Waals surface area (Å²) in [6.07, 6.45) is 0.00308. The van der Waals surface area contributed by atoms with Crippen LogP contribution in [0.25, 0.3) is 0 Å². The summed E-state index contributed by atoms with van der Waals surface area (Å²) in [7, 11) is 1.39. The third-order valence-corrected chi connectivity index (χ3v) is 4.24. The van der Waals surface area contributed by atoms with Crippen LogP contribution in [-0.2, 0) is 9.59 Å². The van der Waals surface area contributed by atoms with Crippen molar-refractivity contribution in [3.05, 3.63) is 65.2 Å². The molecule has 0 aliphatic carbocycles. The topological polar surface area (TPSA) is 67.4 Å². The van der Waals surface area contributed by atoms with Crippen LogP contribution in [0.15, 0.2) is 42.5 Å². The number of halogens is 2. The van der Waals surface area contributed by atoms with Crippen LogP contribution < -0.4 is 15.4 Å². The summed E-state index contributed by atoms with van der Waals surface area (Å²) in [5.41, 5.74) is 1.34. The van der Waals surface area contributed by atoms with Crippen molar-refractivity contribution in [3.8, 4) is 5.75 Å². The van der Waals surface area contributed by atoms with Crippen molar-refractivity contribution >= 4 is 11.8 Å². The minimum absolute atomic E-state index is 0.00308. The fraction of sp³-hybridized carbons (Fsp3) is 0.333. The van der Waals surface area contributed by atoms with Crippen molar-refractivity contribution in [2.75, 3.05) is 13.7 Å². The molecule has 2 rings (SSSR count). The maximum absolute atomic E-state index is 13.5. The lowest BCUT2D eigenvalue weighted by Crippen LogP contribution is -2.39. The normalized spacial score (nSPS) is 11.8. The Hall–Kier alpha value is -2.96. The molecule has 150 valence electrons. The van der Waals surface area contributed by atoms with Gasteiger partial charge in [0, 0.05) is 7.05 Å². The molecule has 0 spiro atoms. The van der Waals surface area contributed by atoms with Gasteiger partial charge in [-0.05, 0) is 41.3 Å². The average molecular weight is 390 g/mol. The van der Waals surface area contributed by atoms with Crippen LogP contribution in [0.4, 0.5) is 8.78 Å².